The summed E-state index contributed by atoms with van der Waals surface area (Å²) in [4.78, 5) is 14.7. The molecule has 4 rings (SSSR count). The molecule has 0 radical (unpaired) electrons. The molecule has 0 N–H and O–H groups in total. The summed E-state index contributed by atoms with van der Waals surface area (Å²) < 4.78 is 5.67. The van der Waals surface area contributed by atoms with Crippen LogP contribution in [0.25, 0.3) is 11.1 Å². The van der Waals surface area contributed by atoms with Gasteiger partial charge in [0.15, 0.2) is 0 Å². The monoisotopic (exact) mass is 393 g/mol. The van der Waals surface area contributed by atoms with Gasteiger partial charge in [-0.25, -0.2) is 4.79 Å². The normalized spacial score (nSPS) is 22.8. The van der Waals surface area contributed by atoms with Crippen molar-refractivity contribution in [3.8, 4) is 11.1 Å². The van der Waals surface area contributed by atoms with Crippen LogP contribution in [0.1, 0.15) is 65.0 Å². The van der Waals surface area contributed by atoms with Crippen molar-refractivity contribution in [2.45, 2.75) is 71.9 Å². The number of hydrogen-bond donors (Lipinski definition) is 0. The Kier molecular flexibility index (Phi) is 6.36. The first kappa shape index (κ1) is 21.4. The van der Waals surface area contributed by atoms with E-state index in [1.54, 1.807) is 0 Å². The lowest BCUT2D eigenvalue weighted by Crippen LogP contribution is -2.54. The Hall–Kier alpha value is -2.29. The van der Waals surface area contributed by atoms with Crippen molar-refractivity contribution in [1.29, 1.82) is 0 Å². The molecule has 3 atom stereocenters. The molecule has 1 aliphatic carbocycles. The molecule has 3 nitrogen and oxygen atoms in total. The summed E-state index contributed by atoms with van der Waals surface area (Å²) >= 11 is 0. The molecule has 1 saturated heterocycles. The lowest BCUT2D eigenvalue weighted by Gasteiger charge is -2.48. The number of benzene rings is 2. The smallest absolute Gasteiger partial charge is 0.410 e. The summed E-state index contributed by atoms with van der Waals surface area (Å²) in [7, 11) is 0. The van der Waals surface area contributed by atoms with E-state index in [0.29, 0.717) is 11.8 Å². The summed E-state index contributed by atoms with van der Waals surface area (Å²) in [6.45, 7) is 12.9. The first-order valence-corrected chi connectivity index (χ1v) is 11.0. The van der Waals surface area contributed by atoms with Crippen molar-refractivity contribution < 1.29 is 9.53 Å². The number of nitrogens with zero attached hydrogens (tertiary/aromatic N) is 1. The number of amides is 1. The van der Waals surface area contributed by atoms with E-state index < -0.39 is 5.60 Å². The summed E-state index contributed by atoms with van der Waals surface area (Å²) in [6.07, 6.45) is 1.76. The third-order valence-electron chi connectivity index (χ3n) is 6.03. The molecule has 0 unspecified atom stereocenters. The number of hydrogen-bond acceptors (Lipinski definition) is 2. The van der Waals surface area contributed by atoms with Crippen molar-refractivity contribution in [3.63, 3.8) is 0 Å². The fraction of sp³-hybridized carbons (Fsp3) is 0.500. The van der Waals surface area contributed by atoms with Gasteiger partial charge in [-0.1, -0.05) is 69.3 Å². The molecule has 0 saturated carbocycles. The second kappa shape index (κ2) is 8.61. The van der Waals surface area contributed by atoms with Gasteiger partial charge in [0.2, 0.25) is 0 Å². The quantitative estimate of drug-likeness (QED) is 0.542. The molecule has 0 aromatic heterocycles. The number of carbonyl (C=O) groups is 1. The number of ether oxygens (including phenoxy) is 1. The molecule has 0 spiro atoms. The van der Waals surface area contributed by atoms with E-state index in [0.717, 1.165) is 19.4 Å². The maximum Gasteiger partial charge on any atom is 0.410 e. The lowest BCUT2D eigenvalue weighted by atomic mass is 9.68. The molecule has 29 heavy (non-hydrogen) atoms. The minimum Gasteiger partial charge on any atom is -0.444 e. The Morgan fingerprint density at radius 2 is 1.72 bits per heavy atom. The Bertz CT molecular complexity index is 838. The van der Waals surface area contributed by atoms with Gasteiger partial charge in [0, 0.05) is 12.6 Å². The molecule has 1 heterocycles. The van der Waals surface area contributed by atoms with Crippen LogP contribution >= 0.6 is 0 Å². The molecule has 2 aliphatic rings. The largest absolute Gasteiger partial charge is 0.444 e. The van der Waals surface area contributed by atoms with Gasteiger partial charge in [-0.05, 0) is 67.7 Å². The van der Waals surface area contributed by atoms with Crippen molar-refractivity contribution in [3.05, 3.63) is 59.7 Å². The third kappa shape index (κ3) is 4.49. The van der Waals surface area contributed by atoms with E-state index in [2.05, 4.69) is 55.5 Å². The van der Waals surface area contributed by atoms with Gasteiger partial charge >= 0.3 is 6.09 Å². The fourth-order valence-corrected chi connectivity index (χ4v) is 4.70. The van der Waals surface area contributed by atoms with Crippen LogP contribution in [0, 0.1) is 5.92 Å². The third-order valence-corrected chi connectivity index (χ3v) is 6.03. The van der Waals surface area contributed by atoms with Gasteiger partial charge in [0.25, 0.3) is 0 Å². The number of rotatable bonds is 1. The molecule has 3 heteroatoms. The minimum absolute atomic E-state index is 0.165. The lowest BCUT2D eigenvalue weighted by molar-refractivity contribution is -0.00402. The van der Waals surface area contributed by atoms with E-state index in [-0.39, 0.29) is 12.1 Å². The van der Waals surface area contributed by atoms with Gasteiger partial charge in [-0.15, -0.1) is 0 Å². The predicted octanol–water partition coefficient (Wildman–Crippen LogP) is 6.67. The molecule has 1 amide bonds. The highest BCUT2D eigenvalue weighted by Gasteiger charge is 2.43. The molecule has 2 aromatic carbocycles. The van der Waals surface area contributed by atoms with Crippen molar-refractivity contribution >= 4 is 6.09 Å². The van der Waals surface area contributed by atoms with Crippen molar-refractivity contribution in [2.24, 2.45) is 5.92 Å². The van der Waals surface area contributed by atoms with E-state index in [1.165, 1.54) is 22.3 Å². The molecule has 156 valence electrons. The van der Waals surface area contributed by atoms with E-state index >= 15 is 0 Å². The Morgan fingerprint density at radius 1 is 1.03 bits per heavy atom. The maximum absolute atomic E-state index is 12.7. The van der Waals surface area contributed by atoms with Crippen LogP contribution in [-0.2, 0) is 11.2 Å². The van der Waals surface area contributed by atoms with Crippen LogP contribution in [0.15, 0.2) is 48.5 Å². The molecule has 2 bridgehead atoms. The highest BCUT2D eigenvalue weighted by molar-refractivity contribution is 5.70. The van der Waals surface area contributed by atoms with E-state index in [1.807, 2.05) is 39.5 Å². The standard InChI is InChI=1S/C24H29NO2.C2H6/c1-16-20-12-13-25(23(26)27-24(2,3)4)22(16)15-19-11-10-18(14-21(19)20)17-8-6-5-7-9-17;1-2/h5-11,14,16,20,22H,12-13,15H2,1-4H3;1-2H3/t16-,20+,22+;/m0./s1. The molecular formula is C26H35NO2. The van der Waals surface area contributed by atoms with Crippen molar-refractivity contribution in [1.82, 2.24) is 4.90 Å². The van der Waals surface area contributed by atoms with Crippen LogP contribution < -0.4 is 0 Å². The van der Waals surface area contributed by atoms with Crippen LogP contribution in [-0.4, -0.2) is 29.2 Å². The Labute approximate surface area is 176 Å². The highest BCUT2D eigenvalue weighted by Crippen LogP contribution is 2.45. The Balaban J connectivity index is 0.00000117. The van der Waals surface area contributed by atoms with Gasteiger partial charge in [0.1, 0.15) is 5.60 Å². The van der Waals surface area contributed by atoms with Crippen LogP contribution in [0.2, 0.25) is 0 Å². The second-order valence-corrected chi connectivity index (χ2v) is 8.98. The number of likely N-dealkylation sites (tertiary alicyclic amines) is 1. The molecule has 2 aromatic rings. The Morgan fingerprint density at radius 3 is 2.38 bits per heavy atom. The summed E-state index contributed by atoms with van der Waals surface area (Å²) in [5, 5.41) is 0. The average Bonchev–Trinajstić information content (AvgIpc) is 2.69. The predicted molar refractivity (Wildman–Crippen MR) is 120 cm³/mol. The summed E-state index contributed by atoms with van der Waals surface area (Å²) in [5.74, 6) is 0.964. The molecule has 1 aliphatic heterocycles. The minimum atomic E-state index is -0.450. The van der Waals surface area contributed by atoms with Crippen molar-refractivity contribution in [2.75, 3.05) is 6.54 Å². The van der Waals surface area contributed by atoms with Crippen LogP contribution in [0.3, 0.4) is 0 Å². The first-order chi connectivity index (χ1) is 13.8. The van der Waals surface area contributed by atoms with Gasteiger partial charge in [-0.3, -0.25) is 0 Å². The summed E-state index contributed by atoms with van der Waals surface area (Å²) in [6, 6.07) is 17.7. The number of fused-ring (bicyclic) bond motifs is 4. The van der Waals surface area contributed by atoms with Gasteiger partial charge in [0.05, 0.1) is 0 Å². The number of piperidine rings is 1. The van der Waals surface area contributed by atoms with Gasteiger partial charge < -0.3 is 9.64 Å². The van der Waals surface area contributed by atoms with Crippen LogP contribution in [0.4, 0.5) is 4.79 Å². The van der Waals surface area contributed by atoms with Crippen LogP contribution in [0.5, 0.6) is 0 Å². The number of carbonyl (C=O) groups excluding carboxylic acids is 1. The zero-order chi connectivity index (χ0) is 21.2. The first-order valence-electron chi connectivity index (χ1n) is 11.0. The topological polar surface area (TPSA) is 29.5 Å². The van der Waals surface area contributed by atoms with E-state index in [9.17, 15) is 4.79 Å². The molecular weight excluding hydrogens is 358 g/mol. The van der Waals surface area contributed by atoms with Gasteiger partial charge in [-0.2, -0.15) is 0 Å². The summed E-state index contributed by atoms with van der Waals surface area (Å²) in [5.41, 5.74) is 4.96. The SMILES string of the molecule is CC.C[C@@H]1[C@H]2Cc3ccc(-c4ccccc4)cc3[C@@H]1CCN2C(=O)OC(C)(C)C. The molecule has 1 fully saturated rings. The average molecular weight is 394 g/mol. The second-order valence-electron chi connectivity index (χ2n) is 8.98. The highest BCUT2D eigenvalue weighted by atomic mass is 16.6. The maximum atomic E-state index is 12.7. The fourth-order valence-electron chi connectivity index (χ4n) is 4.70. The zero-order valence-electron chi connectivity index (χ0n) is 18.7. The van der Waals surface area contributed by atoms with E-state index in [4.69, 9.17) is 4.74 Å². The zero-order valence-corrected chi connectivity index (χ0v) is 18.7.